The Kier molecular flexibility index (Phi) is 9.62. The zero-order chi connectivity index (χ0) is 21.5. The molecule has 2 aliphatic heterocycles. The molecule has 2 aromatic rings. The summed E-state index contributed by atoms with van der Waals surface area (Å²) in [5.41, 5.74) is 3.82. The van der Waals surface area contributed by atoms with Gasteiger partial charge in [-0.05, 0) is 55.6 Å². The average molecular weight is 550 g/mol. The first kappa shape index (κ1) is 24.8. The monoisotopic (exact) mass is 550 g/mol. The Morgan fingerprint density at radius 3 is 2.81 bits per heavy atom. The Labute approximate surface area is 209 Å². The van der Waals surface area contributed by atoms with Crippen LogP contribution in [0.5, 0.6) is 5.75 Å². The molecule has 1 N–H and O–H groups in total. The van der Waals surface area contributed by atoms with Gasteiger partial charge in [-0.1, -0.05) is 30.3 Å². The van der Waals surface area contributed by atoms with Gasteiger partial charge in [0.05, 0.1) is 0 Å². The van der Waals surface area contributed by atoms with Crippen LogP contribution < -0.4 is 15.0 Å². The normalized spacial score (nSPS) is 16.6. The number of rotatable bonds is 7. The average Bonchev–Trinajstić information content (AvgIpc) is 3.24. The van der Waals surface area contributed by atoms with E-state index in [1.807, 2.05) is 13.1 Å². The van der Waals surface area contributed by atoms with Crippen LogP contribution in [0.15, 0.2) is 53.5 Å². The molecule has 0 amide bonds. The molecule has 0 saturated carbocycles. The Morgan fingerprint density at radius 2 is 2.00 bits per heavy atom. The summed E-state index contributed by atoms with van der Waals surface area (Å²) in [5, 5.41) is 3.51. The largest absolute Gasteiger partial charge is 0.492 e. The van der Waals surface area contributed by atoms with Crippen molar-refractivity contribution in [3.63, 3.8) is 0 Å². The summed E-state index contributed by atoms with van der Waals surface area (Å²) in [6.07, 6.45) is 3.28. The van der Waals surface area contributed by atoms with Gasteiger partial charge in [-0.25, -0.2) is 0 Å². The third-order valence-electron chi connectivity index (χ3n) is 6.23. The first-order valence-electron chi connectivity index (χ1n) is 11.3. The zero-order valence-electron chi connectivity index (χ0n) is 19.1. The van der Waals surface area contributed by atoms with Crippen LogP contribution in [0.3, 0.4) is 0 Å². The number of guanidine groups is 1. The van der Waals surface area contributed by atoms with Crippen molar-refractivity contribution < 1.29 is 9.47 Å². The SMILES string of the molecule is CN=C(NCc1cccc(OCCN(C)C2CCOCC2)c1)N1CCc2ccccc21.I. The smallest absolute Gasteiger partial charge is 0.198 e. The zero-order valence-corrected chi connectivity index (χ0v) is 21.5. The van der Waals surface area contributed by atoms with E-state index in [0.29, 0.717) is 19.2 Å². The van der Waals surface area contributed by atoms with Gasteiger partial charge >= 0.3 is 0 Å². The van der Waals surface area contributed by atoms with Gasteiger partial charge in [-0.2, -0.15) is 0 Å². The number of benzene rings is 2. The van der Waals surface area contributed by atoms with Crippen molar-refractivity contribution in [2.45, 2.75) is 31.8 Å². The van der Waals surface area contributed by atoms with Crippen molar-refractivity contribution >= 4 is 35.6 Å². The van der Waals surface area contributed by atoms with Gasteiger partial charge in [0.1, 0.15) is 12.4 Å². The molecule has 1 fully saturated rings. The Bertz CT molecular complexity index is 886. The van der Waals surface area contributed by atoms with Crippen molar-refractivity contribution in [3.8, 4) is 5.75 Å². The van der Waals surface area contributed by atoms with Crippen molar-refractivity contribution in [2.24, 2.45) is 4.99 Å². The Morgan fingerprint density at radius 1 is 1.19 bits per heavy atom. The van der Waals surface area contributed by atoms with E-state index >= 15 is 0 Å². The van der Waals surface area contributed by atoms with Gasteiger partial charge in [0.15, 0.2) is 5.96 Å². The summed E-state index contributed by atoms with van der Waals surface area (Å²) in [5.74, 6) is 1.83. The molecule has 2 aromatic carbocycles. The molecule has 7 heteroatoms. The number of hydrogen-bond acceptors (Lipinski definition) is 4. The van der Waals surface area contributed by atoms with Gasteiger partial charge < -0.3 is 19.7 Å². The van der Waals surface area contributed by atoms with Crippen molar-refractivity contribution in [3.05, 3.63) is 59.7 Å². The molecule has 6 nitrogen and oxygen atoms in total. The number of para-hydroxylation sites is 1. The van der Waals surface area contributed by atoms with Crippen molar-refractivity contribution in [2.75, 3.05) is 51.9 Å². The third kappa shape index (κ3) is 6.36. The molecule has 0 bridgehead atoms. The number of hydrogen-bond donors (Lipinski definition) is 1. The number of fused-ring (bicyclic) bond motifs is 1. The lowest BCUT2D eigenvalue weighted by molar-refractivity contribution is 0.0392. The molecule has 0 aliphatic carbocycles. The molecule has 0 atom stereocenters. The van der Waals surface area contributed by atoms with Gasteiger partial charge in [0.25, 0.3) is 0 Å². The Balaban J connectivity index is 0.00000289. The van der Waals surface area contributed by atoms with E-state index in [-0.39, 0.29) is 24.0 Å². The minimum atomic E-state index is 0. The maximum absolute atomic E-state index is 6.05. The third-order valence-corrected chi connectivity index (χ3v) is 6.23. The summed E-state index contributed by atoms with van der Waals surface area (Å²) in [7, 11) is 4.03. The predicted octanol–water partition coefficient (Wildman–Crippen LogP) is 3.93. The first-order chi connectivity index (χ1) is 15.2. The molecule has 0 aromatic heterocycles. The minimum absolute atomic E-state index is 0. The second-order valence-corrected chi connectivity index (χ2v) is 8.25. The molecule has 2 aliphatic rings. The summed E-state index contributed by atoms with van der Waals surface area (Å²) in [6.45, 7) is 5.03. The quantitative estimate of drug-likeness (QED) is 0.322. The molecule has 0 spiro atoms. The molecule has 2 heterocycles. The van der Waals surface area contributed by atoms with Crippen LogP contribution in [-0.4, -0.2) is 63.9 Å². The van der Waals surface area contributed by atoms with Crippen molar-refractivity contribution in [1.82, 2.24) is 10.2 Å². The second-order valence-electron chi connectivity index (χ2n) is 8.25. The molecule has 0 unspecified atom stereocenters. The Hall–Kier alpha value is -1.84. The molecular weight excluding hydrogens is 515 g/mol. The number of nitrogens with one attached hydrogen (secondary N) is 1. The fourth-order valence-corrected chi connectivity index (χ4v) is 4.40. The summed E-state index contributed by atoms with van der Waals surface area (Å²) in [6, 6.07) is 17.5. The van der Waals surface area contributed by atoms with Crippen molar-refractivity contribution in [1.29, 1.82) is 0 Å². The van der Waals surface area contributed by atoms with Crippen LogP contribution >= 0.6 is 24.0 Å². The molecule has 1 saturated heterocycles. The highest BCUT2D eigenvalue weighted by Gasteiger charge is 2.22. The number of likely N-dealkylation sites (N-methyl/N-ethyl adjacent to an activating group) is 1. The summed E-state index contributed by atoms with van der Waals surface area (Å²) in [4.78, 5) is 9.17. The fourth-order valence-electron chi connectivity index (χ4n) is 4.40. The lowest BCUT2D eigenvalue weighted by Crippen LogP contribution is -2.40. The molecule has 4 rings (SSSR count). The van der Waals surface area contributed by atoms with Crippen LogP contribution in [-0.2, 0) is 17.7 Å². The van der Waals surface area contributed by atoms with E-state index < -0.39 is 0 Å². The summed E-state index contributed by atoms with van der Waals surface area (Å²) >= 11 is 0. The minimum Gasteiger partial charge on any atom is -0.492 e. The van der Waals surface area contributed by atoms with Gasteiger partial charge in [-0.15, -0.1) is 24.0 Å². The van der Waals surface area contributed by atoms with E-state index in [2.05, 4.69) is 69.6 Å². The highest BCUT2D eigenvalue weighted by molar-refractivity contribution is 14.0. The van der Waals surface area contributed by atoms with E-state index in [1.165, 1.54) is 16.8 Å². The van der Waals surface area contributed by atoms with Crippen LogP contribution in [0.4, 0.5) is 5.69 Å². The van der Waals surface area contributed by atoms with E-state index in [9.17, 15) is 0 Å². The van der Waals surface area contributed by atoms with Gasteiger partial charge in [-0.3, -0.25) is 9.89 Å². The topological polar surface area (TPSA) is 49.3 Å². The molecular formula is C25H35IN4O2. The highest BCUT2D eigenvalue weighted by Crippen LogP contribution is 2.27. The predicted molar refractivity (Wildman–Crippen MR) is 142 cm³/mol. The van der Waals surface area contributed by atoms with Gasteiger partial charge in [0, 0.05) is 51.6 Å². The second kappa shape index (κ2) is 12.4. The highest BCUT2D eigenvalue weighted by atomic mass is 127. The maximum atomic E-state index is 6.05. The fraction of sp³-hybridized carbons (Fsp3) is 0.480. The van der Waals surface area contributed by atoms with Crippen LogP contribution in [0.2, 0.25) is 0 Å². The molecule has 32 heavy (non-hydrogen) atoms. The number of anilines is 1. The van der Waals surface area contributed by atoms with E-state index in [1.54, 1.807) is 0 Å². The standard InChI is InChI=1S/C25H34N4O2.HI/c1-26-25(29-13-10-21-7-3-4-9-24(21)29)27-19-20-6-5-8-23(18-20)31-17-14-28(2)22-11-15-30-16-12-22;/h3-9,18,22H,10-17,19H2,1-2H3,(H,26,27);1H. The number of nitrogens with zero attached hydrogens (tertiary/aromatic N) is 3. The molecule has 174 valence electrons. The number of aliphatic imine (C=N–C) groups is 1. The summed E-state index contributed by atoms with van der Waals surface area (Å²) < 4.78 is 11.5. The number of ether oxygens (including phenoxy) is 2. The van der Waals surface area contributed by atoms with Crippen LogP contribution in [0.25, 0.3) is 0 Å². The molecule has 0 radical (unpaired) electrons. The lowest BCUT2D eigenvalue weighted by Gasteiger charge is -2.31. The van der Waals surface area contributed by atoms with Crippen LogP contribution in [0.1, 0.15) is 24.0 Å². The maximum Gasteiger partial charge on any atom is 0.198 e. The lowest BCUT2D eigenvalue weighted by atomic mass is 10.1. The van der Waals surface area contributed by atoms with Gasteiger partial charge in [0.2, 0.25) is 0 Å². The van der Waals surface area contributed by atoms with E-state index in [0.717, 1.165) is 57.3 Å². The van der Waals surface area contributed by atoms with E-state index in [4.69, 9.17) is 9.47 Å². The number of halogens is 1. The first-order valence-corrected chi connectivity index (χ1v) is 11.3. The van der Waals surface area contributed by atoms with Crippen LogP contribution in [0, 0.1) is 0 Å².